The number of fused-ring (bicyclic) bond motifs is 1. The van der Waals surface area contributed by atoms with Crippen LogP contribution in [-0.2, 0) is 6.42 Å². The fourth-order valence-corrected chi connectivity index (χ4v) is 5.15. The summed E-state index contributed by atoms with van der Waals surface area (Å²) in [6, 6.07) is 6.92. The molecule has 2 aromatic rings. The number of nitrogens with zero attached hydrogens (tertiary/aromatic N) is 4. The highest BCUT2D eigenvalue weighted by molar-refractivity contribution is 6.03. The van der Waals surface area contributed by atoms with E-state index in [9.17, 15) is 8.78 Å². The third-order valence-electron chi connectivity index (χ3n) is 7.14. The van der Waals surface area contributed by atoms with Gasteiger partial charge in [0.1, 0.15) is 17.9 Å². The number of halogens is 2. The molecule has 0 spiro atoms. The van der Waals surface area contributed by atoms with E-state index in [1.165, 1.54) is 16.8 Å². The molecule has 0 saturated carbocycles. The number of hydrogen-bond acceptors (Lipinski definition) is 5. The van der Waals surface area contributed by atoms with E-state index in [1.807, 2.05) is 13.0 Å². The maximum atomic E-state index is 12.6. The predicted molar refractivity (Wildman–Crippen MR) is 127 cm³/mol. The third kappa shape index (κ3) is 4.16. The molecule has 33 heavy (non-hydrogen) atoms. The molecule has 2 aliphatic heterocycles. The molecule has 1 aliphatic carbocycles. The average molecular weight is 451 g/mol. The van der Waals surface area contributed by atoms with Gasteiger partial charge < -0.3 is 9.64 Å². The number of allylic oxidation sites excluding steroid dienone is 3. The van der Waals surface area contributed by atoms with Crippen LogP contribution in [0.15, 0.2) is 46.9 Å². The summed E-state index contributed by atoms with van der Waals surface area (Å²) in [5.74, 6) is 1.22. The first-order valence-electron chi connectivity index (χ1n) is 11.4. The minimum atomic E-state index is -2.83. The maximum Gasteiger partial charge on any atom is 0.387 e. The lowest BCUT2D eigenvalue weighted by molar-refractivity contribution is -0.0498. The van der Waals surface area contributed by atoms with Crippen molar-refractivity contribution in [3.05, 3.63) is 58.7 Å². The standard InChI is InChI=1S/C26H28F2N4O/c1-16-11-21-22(12-16)29-15-30-24(21)32-9-7-26(3,8-10-32)23-14-20(17(2)31-23)18-5-4-6-19(13-18)33-25(27)28/h4-6,11,13,15,25H,7-10,12,14H2,1-3H3. The number of anilines is 1. The van der Waals surface area contributed by atoms with E-state index in [0.717, 1.165) is 67.1 Å². The zero-order valence-corrected chi connectivity index (χ0v) is 19.2. The molecule has 0 unspecified atom stereocenters. The van der Waals surface area contributed by atoms with E-state index in [4.69, 9.17) is 4.99 Å². The number of hydrogen-bond donors (Lipinski definition) is 0. The van der Waals surface area contributed by atoms with Gasteiger partial charge in [-0.05, 0) is 50.0 Å². The quantitative estimate of drug-likeness (QED) is 0.567. The molecule has 0 radical (unpaired) electrons. The van der Waals surface area contributed by atoms with E-state index in [0.29, 0.717) is 0 Å². The molecule has 172 valence electrons. The van der Waals surface area contributed by atoms with Gasteiger partial charge in [0.2, 0.25) is 0 Å². The van der Waals surface area contributed by atoms with E-state index in [1.54, 1.807) is 24.5 Å². The lowest BCUT2D eigenvalue weighted by Crippen LogP contribution is -2.43. The Kier molecular flexibility index (Phi) is 5.51. The molecule has 7 heteroatoms. The molecule has 5 rings (SSSR count). The van der Waals surface area contributed by atoms with Crippen molar-refractivity contribution in [1.29, 1.82) is 0 Å². The van der Waals surface area contributed by atoms with Crippen molar-refractivity contribution in [3.63, 3.8) is 0 Å². The Labute approximate surface area is 192 Å². The van der Waals surface area contributed by atoms with Crippen LogP contribution >= 0.6 is 0 Å². The first-order valence-corrected chi connectivity index (χ1v) is 11.4. The molecule has 0 atom stereocenters. The van der Waals surface area contributed by atoms with Gasteiger partial charge in [-0.1, -0.05) is 30.7 Å². The molecular weight excluding hydrogens is 422 g/mol. The summed E-state index contributed by atoms with van der Waals surface area (Å²) in [4.78, 5) is 16.4. The van der Waals surface area contributed by atoms with E-state index in [-0.39, 0.29) is 11.2 Å². The first-order chi connectivity index (χ1) is 15.8. The van der Waals surface area contributed by atoms with Crippen LogP contribution in [0.1, 0.15) is 56.9 Å². The lowest BCUT2D eigenvalue weighted by Gasteiger charge is -2.40. The lowest BCUT2D eigenvalue weighted by atomic mass is 9.74. The van der Waals surface area contributed by atoms with Gasteiger partial charge in [-0.25, -0.2) is 9.97 Å². The Morgan fingerprint density at radius 2 is 1.88 bits per heavy atom. The second-order valence-electron chi connectivity index (χ2n) is 9.48. The van der Waals surface area contributed by atoms with Crippen LogP contribution in [0, 0.1) is 5.41 Å². The molecule has 0 amide bonds. The number of ether oxygens (including phenoxy) is 1. The summed E-state index contributed by atoms with van der Waals surface area (Å²) in [6.45, 7) is 5.44. The number of aromatic nitrogens is 2. The van der Waals surface area contributed by atoms with Crippen molar-refractivity contribution in [1.82, 2.24) is 9.97 Å². The third-order valence-corrected chi connectivity index (χ3v) is 7.14. The van der Waals surface area contributed by atoms with Crippen molar-refractivity contribution in [2.24, 2.45) is 10.4 Å². The van der Waals surface area contributed by atoms with Gasteiger partial charge >= 0.3 is 6.61 Å². The van der Waals surface area contributed by atoms with Gasteiger partial charge in [0.05, 0.1) is 5.69 Å². The van der Waals surface area contributed by atoms with Crippen molar-refractivity contribution >= 4 is 23.2 Å². The summed E-state index contributed by atoms with van der Waals surface area (Å²) in [6.07, 6.45) is 7.52. The molecule has 3 aliphatic rings. The summed E-state index contributed by atoms with van der Waals surface area (Å²) in [5, 5.41) is 0. The van der Waals surface area contributed by atoms with Gasteiger partial charge in [-0.3, -0.25) is 4.99 Å². The van der Waals surface area contributed by atoms with Crippen LogP contribution in [0.25, 0.3) is 11.6 Å². The van der Waals surface area contributed by atoms with Gasteiger partial charge in [0.25, 0.3) is 0 Å². The molecule has 1 aromatic carbocycles. The van der Waals surface area contributed by atoms with Gasteiger partial charge in [-0.15, -0.1) is 0 Å². The molecule has 1 aromatic heterocycles. The van der Waals surface area contributed by atoms with Gasteiger partial charge in [-0.2, -0.15) is 8.78 Å². The van der Waals surface area contributed by atoms with E-state index in [2.05, 4.69) is 39.5 Å². The van der Waals surface area contributed by atoms with Crippen LogP contribution in [0.2, 0.25) is 0 Å². The predicted octanol–water partition coefficient (Wildman–Crippen LogP) is 5.92. The summed E-state index contributed by atoms with van der Waals surface area (Å²) < 4.78 is 29.9. The number of piperidine rings is 1. The normalized spacial score (nSPS) is 19.6. The highest BCUT2D eigenvalue weighted by Gasteiger charge is 2.38. The minimum Gasteiger partial charge on any atom is -0.435 e. The molecular formula is C26H28F2N4O. The number of alkyl halides is 2. The molecule has 5 nitrogen and oxygen atoms in total. The minimum absolute atomic E-state index is 0.00144. The zero-order chi connectivity index (χ0) is 23.2. The molecule has 1 fully saturated rings. The Morgan fingerprint density at radius 1 is 1.09 bits per heavy atom. The smallest absolute Gasteiger partial charge is 0.387 e. The van der Waals surface area contributed by atoms with Crippen molar-refractivity contribution in [2.75, 3.05) is 18.0 Å². The van der Waals surface area contributed by atoms with Crippen LogP contribution in [0.4, 0.5) is 14.6 Å². The van der Waals surface area contributed by atoms with Crippen LogP contribution in [0.3, 0.4) is 0 Å². The zero-order valence-electron chi connectivity index (χ0n) is 19.2. The number of rotatable bonds is 5. The Bertz CT molecular complexity index is 1180. The molecule has 1 saturated heterocycles. The van der Waals surface area contributed by atoms with Crippen molar-refractivity contribution in [2.45, 2.75) is 53.1 Å². The summed E-state index contributed by atoms with van der Waals surface area (Å²) in [7, 11) is 0. The monoisotopic (exact) mass is 450 g/mol. The second kappa shape index (κ2) is 8.36. The topological polar surface area (TPSA) is 50.6 Å². The highest BCUT2D eigenvalue weighted by atomic mass is 19.3. The SMILES string of the molecule is CC1=Cc2c(ncnc2N2CCC(C)(C3=NC(C)=C(c4cccc(OC(F)F)c4)C3)CC2)C1. The van der Waals surface area contributed by atoms with E-state index >= 15 is 0 Å². The highest BCUT2D eigenvalue weighted by Crippen LogP contribution is 2.43. The first kappa shape index (κ1) is 21.7. The summed E-state index contributed by atoms with van der Waals surface area (Å²) in [5.41, 5.74) is 7.72. The second-order valence-corrected chi connectivity index (χ2v) is 9.48. The van der Waals surface area contributed by atoms with Crippen LogP contribution in [0.5, 0.6) is 5.75 Å². The number of aliphatic imine (C=N–C) groups is 1. The van der Waals surface area contributed by atoms with Crippen molar-refractivity contribution in [3.8, 4) is 5.75 Å². The fourth-order valence-electron chi connectivity index (χ4n) is 5.15. The average Bonchev–Trinajstić information content (AvgIpc) is 3.36. The summed E-state index contributed by atoms with van der Waals surface area (Å²) >= 11 is 0. The Hall–Kier alpha value is -3.09. The van der Waals surface area contributed by atoms with Gasteiger partial charge in [0, 0.05) is 48.3 Å². The van der Waals surface area contributed by atoms with Gasteiger partial charge in [0.15, 0.2) is 0 Å². The number of benzene rings is 1. The Balaban J connectivity index is 1.29. The van der Waals surface area contributed by atoms with E-state index < -0.39 is 6.61 Å². The van der Waals surface area contributed by atoms with Crippen LogP contribution < -0.4 is 9.64 Å². The molecule has 0 N–H and O–H groups in total. The molecule has 0 bridgehead atoms. The molecule has 3 heterocycles. The van der Waals surface area contributed by atoms with Crippen molar-refractivity contribution < 1.29 is 13.5 Å². The maximum absolute atomic E-state index is 12.6. The Morgan fingerprint density at radius 3 is 2.64 bits per heavy atom. The fraction of sp³-hybridized carbons (Fsp3) is 0.423. The largest absolute Gasteiger partial charge is 0.435 e. The van der Waals surface area contributed by atoms with Crippen LogP contribution in [-0.4, -0.2) is 35.4 Å².